The van der Waals surface area contributed by atoms with E-state index < -0.39 is 0 Å². The van der Waals surface area contributed by atoms with Crippen molar-refractivity contribution in [3.63, 3.8) is 0 Å². The second-order valence-corrected chi connectivity index (χ2v) is 7.53. The molecule has 0 radical (unpaired) electrons. The van der Waals surface area contributed by atoms with Crippen LogP contribution >= 0.6 is 0 Å². The van der Waals surface area contributed by atoms with Crippen molar-refractivity contribution in [1.29, 1.82) is 0 Å². The van der Waals surface area contributed by atoms with Crippen LogP contribution in [0, 0.1) is 12.7 Å². The largest absolute Gasteiger partial charge is 0.367 e. The number of carbonyl (C=O) groups excluding carboxylic acids is 1. The molecule has 0 bridgehead atoms. The molecule has 5 heteroatoms. The van der Waals surface area contributed by atoms with Crippen molar-refractivity contribution in [3.8, 4) is 0 Å². The standard InChI is InChI=1S/C25H24FN3O/c1-17-12-13-23-21(14-17)24(20-10-6-7-11-22(20)26)27-15-19(29(23)2)16-28-25(30)18-8-4-3-5-9-18/h3-14,19H,15-16H2,1-2H3,(H,28,30). The number of hydrogen-bond acceptors (Lipinski definition) is 3. The van der Waals surface area contributed by atoms with Crippen molar-refractivity contribution in [2.45, 2.75) is 13.0 Å². The van der Waals surface area contributed by atoms with Crippen molar-refractivity contribution in [2.75, 3.05) is 25.0 Å². The highest BCUT2D eigenvalue weighted by Gasteiger charge is 2.26. The molecule has 1 heterocycles. The van der Waals surface area contributed by atoms with Gasteiger partial charge in [-0.05, 0) is 43.3 Å². The van der Waals surface area contributed by atoms with E-state index >= 15 is 0 Å². The Morgan fingerprint density at radius 2 is 1.80 bits per heavy atom. The number of likely N-dealkylation sites (N-methyl/N-ethyl adjacent to an activating group) is 1. The Labute approximate surface area is 176 Å². The highest BCUT2D eigenvalue weighted by molar-refractivity contribution is 6.16. The number of aryl methyl sites for hydroxylation is 1. The number of anilines is 1. The molecule has 3 aromatic carbocycles. The van der Waals surface area contributed by atoms with Crippen molar-refractivity contribution >= 4 is 17.3 Å². The van der Waals surface area contributed by atoms with E-state index in [4.69, 9.17) is 4.99 Å². The summed E-state index contributed by atoms with van der Waals surface area (Å²) >= 11 is 0. The first kappa shape index (κ1) is 19.8. The maximum absolute atomic E-state index is 14.6. The first-order valence-corrected chi connectivity index (χ1v) is 10.0. The highest BCUT2D eigenvalue weighted by atomic mass is 19.1. The molecule has 0 aliphatic carbocycles. The maximum Gasteiger partial charge on any atom is 0.251 e. The molecule has 0 saturated carbocycles. The lowest BCUT2D eigenvalue weighted by Crippen LogP contribution is -2.43. The van der Waals surface area contributed by atoms with Crippen LogP contribution in [0.5, 0.6) is 0 Å². The smallest absolute Gasteiger partial charge is 0.251 e. The fourth-order valence-electron chi connectivity index (χ4n) is 3.74. The number of amides is 1. The number of aliphatic imine (C=N–C) groups is 1. The molecule has 1 N–H and O–H groups in total. The lowest BCUT2D eigenvalue weighted by atomic mass is 9.98. The number of benzene rings is 3. The Balaban J connectivity index is 1.65. The Hall–Kier alpha value is -3.47. The predicted octanol–water partition coefficient (Wildman–Crippen LogP) is 4.22. The monoisotopic (exact) mass is 401 g/mol. The molecule has 1 atom stereocenters. The van der Waals surface area contributed by atoms with Crippen LogP contribution in [0.15, 0.2) is 77.8 Å². The van der Waals surface area contributed by atoms with Gasteiger partial charge in [-0.2, -0.15) is 0 Å². The Morgan fingerprint density at radius 1 is 1.07 bits per heavy atom. The van der Waals surface area contributed by atoms with Gasteiger partial charge >= 0.3 is 0 Å². The van der Waals surface area contributed by atoms with E-state index in [1.165, 1.54) is 6.07 Å². The van der Waals surface area contributed by atoms with Crippen LogP contribution in [0.1, 0.15) is 27.0 Å². The van der Waals surface area contributed by atoms with Crippen LogP contribution in [-0.2, 0) is 0 Å². The average molecular weight is 401 g/mol. The van der Waals surface area contributed by atoms with Crippen molar-refractivity contribution < 1.29 is 9.18 Å². The van der Waals surface area contributed by atoms with Crippen LogP contribution in [0.4, 0.5) is 10.1 Å². The molecule has 0 spiro atoms. The molecule has 1 aliphatic heterocycles. The third kappa shape index (κ3) is 3.96. The molecule has 0 aromatic heterocycles. The van der Waals surface area contributed by atoms with Crippen LogP contribution in [0.25, 0.3) is 0 Å². The second-order valence-electron chi connectivity index (χ2n) is 7.53. The predicted molar refractivity (Wildman–Crippen MR) is 119 cm³/mol. The van der Waals surface area contributed by atoms with E-state index in [-0.39, 0.29) is 17.8 Å². The molecule has 152 valence electrons. The van der Waals surface area contributed by atoms with Gasteiger partial charge in [-0.15, -0.1) is 0 Å². The number of fused-ring (bicyclic) bond motifs is 1. The second kappa shape index (κ2) is 8.49. The molecular formula is C25H24FN3O. The summed E-state index contributed by atoms with van der Waals surface area (Å²) < 4.78 is 14.6. The van der Waals surface area contributed by atoms with Gasteiger partial charge in [0.25, 0.3) is 5.91 Å². The molecule has 1 aliphatic rings. The summed E-state index contributed by atoms with van der Waals surface area (Å²) in [6.07, 6.45) is 0. The van der Waals surface area contributed by atoms with Crippen LogP contribution in [-0.4, -0.2) is 37.8 Å². The summed E-state index contributed by atoms with van der Waals surface area (Å²) in [6.45, 7) is 2.90. The number of rotatable bonds is 4. The number of halogens is 1. The Kier molecular flexibility index (Phi) is 5.61. The third-order valence-corrected chi connectivity index (χ3v) is 5.46. The summed E-state index contributed by atoms with van der Waals surface area (Å²) in [5.74, 6) is -0.405. The minimum atomic E-state index is -0.290. The molecular weight excluding hydrogens is 377 g/mol. The molecule has 0 saturated heterocycles. The van der Waals surface area contributed by atoms with Crippen molar-refractivity contribution in [3.05, 3.63) is 101 Å². The topological polar surface area (TPSA) is 44.7 Å². The first-order valence-electron chi connectivity index (χ1n) is 10.0. The summed E-state index contributed by atoms with van der Waals surface area (Å²) in [7, 11) is 1.99. The minimum absolute atomic E-state index is 0.0524. The normalized spacial score (nSPS) is 15.8. The van der Waals surface area contributed by atoms with Gasteiger partial charge in [0.2, 0.25) is 0 Å². The van der Waals surface area contributed by atoms with Crippen molar-refractivity contribution in [1.82, 2.24) is 5.32 Å². The first-order chi connectivity index (χ1) is 14.5. The zero-order chi connectivity index (χ0) is 21.1. The highest BCUT2D eigenvalue weighted by Crippen LogP contribution is 2.29. The Bertz CT molecular complexity index is 1090. The lowest BCUT2D eigenvalue weighted by Gasteiger charge is -2.29. The summed E-state index contributed by atoms with van der Waals surface area (Å²) in [5, 5.41) is 3.01. The van der Waals surface area contributed by atoms with E-state index in [1.807, 2.05) is 56.4 Å². The molecule has 4 nitrogen and oxygen atoms in total. The van der Waals surface area contributed by atoms with Crippen LogP contribution < -0.4 is 10.2 Å². The molecule has 1 amide bonds. The Morgan fingerprint density at radius 3 is 2.57 bits per heavy atom. The quantitative estimate of drug-likeness (QED) is 0.711. The van der Waals surface area contributed by atoms with Crippen LogP contribution in [0.3, 0.4) is 0 Å². The summed E-state index contributed by atoms with van der Waals surface area (Å²) in [6, 6.07) is 21.9. The molecule has 3 aromatic rings. The molecule has 1 unspecified atom stereocenters. The average Bonchev–Trinajstić information content (AvgIpc) is 2.89. The van der Waals surface area contributed by atoms with Gasteiger partial charge in [0.1, 0.15) is 5.82 Å². The van der Waals surface area contributed by atoms with Gasteiger partial charge in [-0.3, -0.25) is 9.79 Å². The summed E-state index contributed by atoms with van der Waals surface area (Å²) in [4.78, 5) is 19.4. The van der Waals surface area contributed by atoms with E-state index in [0.717, 1.165) is 16.8 Å². The van der Waals surface area contributed by atoms with Gasteiger partial charge in [0, 0.05) is 36.0 Å². The zero-order valence-corrected chi connectivity index (χ0v) is 17.1. The number of benzodiazepines with no additional fused rings is 1. The summed E-state index contributed by atoms with van der Waals surface area (Å²) in [5.41, 5.74) is 4.73. The van der Waals surface area contributed by atoms with E-state index in [0.29, 0.717) is 29.9 Å². The van der Waals surface area contributed by atoms with Gasteiger partial charge in [-0.25, -0.2) is 4.39 Å². The van der Waals surface area contributed by atoms with Crippen LogP contribution in [0.2, 0.25) is 0 Å². The third-order valence-electron chi connectivity index (χ3n) is 5.46. The fourth-order valence-corrected chi connectivity index (χ4v) is 3.74. The lowest BCUT2D eigenvalue weighted by molar-refractivity contribution is 0.0951. The minimum Gasteiger partial charge on any atom is -0.367 e. The number of nitrogens with one attached hydrogen (secondary N) is 1. The molecule has 30 heavy (non-hydrogen) atoms. The zero-order valence-electron chi connectivity index (χ0n) is 17.1. The van der Waals surface area contributed by atoms with E-state index in [9.17, 15) is 9.18 Å². The van der Waals surface area contributed by atoms with E-state index in [1.54, 1.807) is 24.3 Å². The fraction of sp³-hybridized carbons (Fsp3) is 0.200. The SMILES string of the molecule is Cc1ccc2c(c1)C(c1ccccc1F)=NCC(CNC(=O)c1ccccc1)N2C. The maximum atomic E-state index is 14.6. The van der Waals surface area contributed by atoms with Gasteiger partial charge in [0.15, 0.2) is 0 Å². The van der Waals surface area contributed by atoms with Gasteiger partial charge < -0.3 is 10.2 Å². The van der Waals surface area contributed by atoms with Gasteiger partial charge in [0.05, 0.1) is 18.3 Å². The van der Waals surface area contributed by atoms with E-state index in [2.05, 4.69) is 10.2 Å². The van der Waals surface area contributed by atoms with Gasteiger partial charge in [-0.1, -0.05) is 42.0 Å². The number of nitrogens with zero attached hydrogens (tertiary/aromatic N) is 2. The van der Waals surface area contributed by atoms with Crippen molar-refractivity contribution in [2.24, 2.45) is 4.99 Å². The number of carbonyl (C=O) groups is 1. The molecule has 4 rings (SSSR count). The molecule has 0 fully saturated rings. The number of hydrogen-bond donors (Lipinski definition) is 1.